The van der Waals surface area contributed by atoms with E-state index in [4.69, 9.17) is 16.3 Å². The number of benzene rings is 1. The van der Waals surface area contributed by atoms with Crippen LogP contribution in [0.25, 0.3) is 0 Å². The number of hydrogen-bond acceptors (Lipinski definition) is 5. The van der Waals surface area contributed by atoms with E-state index in [9.17, 15) is 14.7 Å². The first-order valence-corrected chi connectivity index (χ1v) is 6.84. The van der Waals surface area contributed by atoms with Gasteiger partial charge in [0.15, 0.2) is 6.04 Å². The molecule has 2 rings (SSSR count). The topological polar surface area (TPSA) is 79.2 Å². The molecule has 0 aromatic heterocycles. The van der Waals surface area contributed by atoms with Crippen LogP contribution in [0.5, 0.6) is 0 Å². The number of anilines is 1. The van der Waals surface area contributed by atoms with Gasteiger partial charge in [0.25, 0.3) is 0 Å². The van der Waals surface area contributed by atoms with Gasteiger partial charge in [-0.1, -0.05) is 17.7 Å². The van der Waals surface area contributed by atoms with Crippen molar-refractivity contribution in [1.82, 2.24) is 0 Å². The summed E-state index contributed by atoms with van der Waals surface area (Å²) >= 11 is 6.05. The summed E-state index contributed by atoms with van der Waals surface area (Å²) in [5, 5.41) is 15.2. The first-order valence-electron chi connectivity index (χ1n) is 6.46. The zero-order valence-electron chi connectivity index (χ0n) is 11.7. The van der Waals surface area contributed by atoms with E-state index in [1.807, 2.05) is 6.92 Å². The summed E-state index contributed by atoms with van der Waals surface area (Å²) in [7, 11) is 0. The Balaban J connectivity index is 2.35. The molecule has 0 saturated heterocycles. The number of aryl methyl sites for hydroxylation is 1. The molecule has 0 radical (unpaired) electrons. The number of carboxylic acids is 1. The minimum absolute atomic E-state index is 0.000335. The molecular formula is C14H15ClN2O4. The van der Waals surface area contributed by atoms with E-state index >= 15 is 0 Å². The van der Waals surface area contributed by atoms with Crippen molar-refractivity contribution in [2.75, 3.05) is 11.6 Å². The third-order valence-corrected chi connectivity index (χ3v) is 3.53. The van der Waals surface area contributed by atoms with E-state index in [2.05, 4.69) is 5.10 Å². The van der Waals surface area contributed by atoms with Crippen molar-refractivity contribution in [1.29, 1.82) is 0 Å². The Morgan fingerprint density at radius 3 is 2.81 bits per heavy atom. The molecule has 21 heavy (non-hydrogen) atoms. The molecule has 1 aromatic rings. The lowest BCUT2D eigenvalue weighted by Gasteiger charge is -2.20. The van der Waals surface area contributed by atoms with E-state index in [0.29, 0.717) is 10.7 Å². The van der Waals surface area contributed by atoms with Gasteiger partial charge in [0.2, 0.25) is 0 Å². The predicted octanol–water partition coefficient (Wildman–Crippen LogP) is 2.23. The number of carboxylic acid groups (broad SMARTS) is 1. The molecule has 1 N–H and O–H groups in total. The minimum Gasteiger partial charge on any atom is -0.480 e. The maximum atomic E-state index is 11.7. The normalized spacial score (nSPS) is 17.6. The number of esters is 1. The molecule has 112 valence electrons. The van der Waals surface area contributed by atoms with Gasteiger partial charge in [0.05, 0.1) is 12.3 Å². The van der Waals surface area contributed by atoms with Crippen LogP contribution < -0.4 is 5.01 Å². The smallest absolute Gasteiger partial charge is 0.354 e. The van der Waals surface area contributed by atoms with Crippen LogP contribution in [0.2, 0.25) is 5.02 Å². The molecule has 1 aromatic carbocycles. The van der Waals surface area contributed by atoms with Gasteiger partial charge in [0.1, 0.15) is 5.71 Å². The summed E-state index contributed by atoms with van der Waals surface area (Å²) in [6.45, 7) is 3.74. The molecule has 7 heteroatoms. The molecule has 0 spiro atoms. The van der Waals surface area contributed by atoms with Crippen molar-refractivity contribution in [2.24, 2.45) is 5.10 Å². The van der Waals surface area contributed by atoms with E-state index in [1.165, 1.54) is 5.01 Å². The van der Waals surface area contributed by atoms with Crippen LogP contribution in [0.1, 0.15) is 18.9 Å². The number of carbonyl (C=O) groups excluding carboxylic acids is 1. The van der Waals surface area contributed by atoms with Gasteiger partial charge in [-0.05, 0) is 31.5 Å². The summed E-state index contributed by atoms with van der Waals surface area (Å²) in [6, 6.07) is 4.18. The Bertz CT molecular complexity index is 615. The zero-order chi connectivity index (χ0) is 15.6. The molecule has 1 atom stereocenters. The molecule has 6 nitrogen and oxygen atoms in total. The van der Waals surface area contributed by atoms with Gasteiger partial charge >= 0.3 is 11.9 Å². The van der Waals surface area contributed by atoms with Crippen LogP contribution in [-0.4, -0.2) is 35.4 Å². The average Bonchev–Trinajstić information content (AvgIpc) is 2.87. The van der Waals surface area contributed by atoms with Gasteiger partial charge in [-0.15, -0.1) is 0 Å². The van der Waals surface area contributed by atoms with E-state index in [1.54, 1.807) is 25.1 Å². The number of ether oxygens (including phenoxy) is 1. The minimum atomic E-state index is -1.06. The fourth-order valence-corrected chi connectivity index (χ4v) is 2.18. The lowest BCUT2D eigenvalue weighted by Crippen LogP contribution is -2.34. The Hall–Kier alpha value is -2.08. The highest BCUT2D eigenvalue weighted by Crippen LogP contribution is 2.29. The largest absolute Gasteiger partial charge is 0.480 e. The third-order valence-electron chi connectivity index (χ3n) is 3.13. The van der Waals surface area contributed by atoms with Crippen LogP contribution >= 0.6 is 11.6 Å². The second kappa shape index (κ2) is 6.13. The SMILES string of the molecule is CCOC(=O)C1=NN(c2ccc(C)c(Cl)c2)[C@@H](C(=O)O)C1. The number of hydrogen-bond donors (Lipinski definition) is 1. The van der Waals surface area contributed by atoms with Gasteiger partial charge in [0, 0.05) is 11.4 Å². The summed E-state index contributed by atoms with van der Waals surface area (Å²) in [5.41, 5.74) is 1.50. The van der Waals surface area contributed by atoms with Crippen LogP contribution in [0.15, 0.2) is 23.3 Å². The Labute approximate surface area is 127 Å². The molecule has 1 heterocycles. The van der Waals surface area contributed by atoms with E-state index in [0.717, 1.165) is 5.56 Å². The molecular weight excluding hydrogens is 296 g/mol. The third kappa shape index (κ3) is 3.16. The Morgan fingerprint density at radius 2 is 2.24 bits per heavy atom. The van der Waals surface area contributed by atoms with Gasteiger partial charge in [-0.25, -0.2) is 9.59 Å². The van der Waals surface area contributed by atoms with Gasteiger partial charge in [-0.3, -0.25) is 5.01 Å². The first-order chi connectivity index (χ1) is 9.93. The first kappa shape index (κ1) is 15.3. The fraction of sp³-hybridized carbons (Fsp3) is 0.357. The second-order valence-corrected chi connectivity index (χ2v) is 5.01. The Kier molecular flexibility index (Phi) is 4.47. The molecule has 1 aliphatic heterocycles. The van der Waals surface area contributed by atoms with Crippen molar-refractivity contribution in [3.05, 3.63) is 28.8 Å². The van der Waals surface area contributed by atoms with Crippen LogP contribution in [-0.2, 0) is 14.3 Å². The van der Waals surface area contributed by atoms with E-state index < -0.39 is 18.0 Å². The lowest BCUT2D eigenvalue weighted by atomic mass is 10.1. The number of hydrazone groups is 1. The van der Waals surface area contributed by atoms with Crippen molar-refractivity contribution in [3.63, 3.8) is 0 Å². The van der Waals surface area contributed by atoms with Gasteiger partial charge in [-0.2, -0.15) is 5.10 Å². The van der Waals surface area contributed by atoms with Crippen molar-refractivity contribution < 1.29 is 19.4 Å². The maximum absolute atomic E-state index is 11.7. The second-order valence-electron chi connectivity index (χ2n) is 4.60. The standard InChI is InChI=1S/C14H15ClN2O4/c1-3-21-14(20)11-7-12(13(18)19)17(16-11)9-5-4-8(2)10(15)6-9/h4-6,12H,3,7H2,1-2H3,(H,18,19)/t12-/m1/s1. The number of carbonyl (C=O) groups is 2. The lowest BCUT2D eigenvalue weighted by molar-refractivity contribution is -0.138. The van der Waals surface area contributed by atoms with Crippen molar-refractivity contribution >= 4 is 34.9 Å². The van der Waals surface area contributed by atoms with E-state index in [-0.39, 0.29) is 18.7 Å². The quantitative estimate of drug-likeness (QED) is 0.863. The number of aliphatic carboxylic acids is 1. The van der Waals surface area contributed by atoms with Crippen LogP contribution in [0, 0.1) is 6.92 Å². The van der Waals surface area contributed by atoms with Gasteiger partial charge < -0.3 is 9.84 Å². The summed E-state index contributed by atoms with van der Waals surface area (Å²) in [6.07, 6.45) is -0.000335. The summed E-state index contributed by atoms with van der Waals surface area (Å²) in [5.74, 6) is -1.65. The predicted molar refractivity (Wildman–Crippen MR) is 78.8 cm³/mol. The summed E-state index contributed by atoms with van der Waals surface area (Å²) < 4.78 is 4.87. The molecule has 0 unspecified atom stereocenters. The number of rotatable bonds is 4. The number of halogens is 1. The monoisotopic (exact) mass is 310 g/mol. The maximum Gasteiger partial charge on any atom is 0.354 e. The fourth-order valence-electron chi connectivity index (χ4n) is 2.00. The van der Waals surface area contributed by atoms with Crippen LogP contribution in [0.3, 0.4) is 0 Å². The molecule has 0 aliphatic carbocycles. The zero-order valence-corrected chi connectivity index (χ0v) is 12.4. The highest BCUT2D eigenvalue weighted by molar-refractivity contribution is 6.38. The highest BCUT2D eigenvalue weighted by Gasteiger charge is 2.36. The Morgan fingerprint density at radius 1 is 1.52 bits per heavy atom. The highest BCUT2D eigenvalue weighted by atomic mass is 35.5. The molecule has 0 saturated carbocycles. The van der Waals surface area contributed by atoms with Crippen LogP contribution in [0.4, 0.5) is 5.69 Å². The number of nitrogens with zero attached hydrogens (tertiary/aromatic N) is 2. The molecule has 0 amide bonds. The molecule has 1 aliphatic rings. The molecule has 0 bridgehead atoms. The van der Waals surface area contributed by atoms with Crippen molar-refractivity contribution in [2.45, 2.75) is 26.3 Å². The van der Waals surface area contributed by atoms with Crippen molar-refractivity contribution in [3.8, 4) is 0 Å². The molecule has 0 fully saturated rings. The average molecular weight is 311 g/mol. The summed E-state index contributed by atoms with van der Waals surface area (Å²) in [4.78, 5) is 23.1.